The molecule has 0 saturated carbocycles. The monoisotopic (exact) mass is 266 g/mol. The number of hydrogen-bond acceptors (Lipinski definition) is 5. The summed E-state index contributed by atoms with van der Waals surface area (Å²) in [6, 6.07) is 0.140. The summed E-state index contributed by atoms with van der Waals surface area (Å²) < 4.78 is 0. The number of amides is 1. The van der Waals surface area contributed by atoms with E-state index in [-0.39, 0.29) is 11.9 Å². The highest BCUT2D eigenvalue weighted by Crippen LogP contribution is 2.36. The number of aromatic nitrogens is 1. The molecule has 2 aliphatic rings. The quantitative estimate of drug-likeness (QED) is 0.789. The average Bonchev–Trinajstić information content (AvgIpc) is 2.67. The van der Waals surface area contributed by atoms with E-state index in [2.05, 4.69) is 15.2 Å². The molecule has 1 aliphatic heterocycles. The molecule has 0 radical (unpaired) electrons. The Morgan fingerprint density at radius 1 is 1.44 bits per heavy atom. The van der Waals surface area contributed by atoms with Crippen LogP contribution < -0.4 is 16.0 Å². The molecule has 3 N–H and O–H groups in total. The summed E-state index contributed by atoms with van der Waals surface area (Å²) >= 11 is 1.67. The van der Waals surface area contributed by atoms with Gasteiger partial charge in [0.05, 0.1) is 12.2 Å². The lowest BCUT2D eigenvalue weighted by Crippen LogP contribution is -2.32. The molecule has 18 heavy (non-hydrogen) atoms. The third-order valence-electron chi connectivity index (χ3n) is 3.51. The summed E-state index contributed by atoms with van der Waals surface area (Å²) in [5.74, 6) is 0.0879. The van der Waals surface area contributed by atoms with Gasteiger partial charge < -0.3 is 16.0 Å². The summed E-state index contributed by atoms with van der Waals surface area (Å²) in [6.45, 7) is 2.07. The van der Waals surface area contributed by atoms with Crippen LogP contribution in [-0.2, 0) is 11.2 Å². The second kappa shape index (κ2) is 4.85. The average molecular weight is 266 g/mol. The fourth-order valence-electron chi connectivity index (χ4n) is 2.54. The van der Waals surface area contributed by atoms with Crippen molar-refractivity contribution < 1.29 is 4.79 Å². The van der Waals surface area contributed by atoms with Crippen molar-refractivity contribution in [3.63, 3.8) is 0 Å². The largest absolute Gasteiger partial charge is 0.354 e. The Hall–Kier alpha value is -1.14. The standard InChI is InChI=1S/C12H18N4OS/c13-8-3-1-4-9-11(8)18-12(15-9)16-6-2-5-14-10(17)7-16/h8H,1-7,13H2,(H,14,17). The van der Waals surface area contributed by atoms with Crippen molar-refractivity contribution in [2.75, 3.05) is 24.5 Å². The molecule has 1 aromatic rings. The topological polar surface area (TPSA) is 71.2 Å². The molecule has 0 spiro atoms. The van der Waals surface area contributed by atoms with E-state index in [0.29, 0.717) is 6.54 Å². The molecule has 5 nitrogen and oxygen atoms in total. The van der Waals surface area contributed by atoms with Gasteiger partial charge in [0.2, 0.25) is 5.91 Å². The number of fused-ring (bicyclic) bond motifs is 1. The van der Waals surface area contributed by atoms with Gasteiger partial charge in [-0.1, -0.05) is 11.3 Å². The maximum Gasteiger partial charge on any atom is 0.239 e. The summed E-state index contributed by atoms with van der Waals surface area (Å²) in [6.07, 6.45) is 4.18. The Morgan fingerprint density at radius 3 is 3.17 bits per heavy atom. The number of hydrogen-bond donors (Lipinski definition) is 2. The van der Waals surface area contributed by atoms with Gasteiger partial charge in [-0.15, -0.1) is 0 Å². The van der Waals surface area contributed by atoms with Crippen LogP contribution in [0.15, 0.2) is 0 Å². The first-order chi connectivity index (χ1) is 8.74. The van der Waals surface area contributed by atoms with Crippen LogP contribution in [0.3, 0.4) is 0 Å². The number of nitrogens with zero attached hydrogens (tertiary/aromatic N) is 2. The summed E-state index contributed by atoms with van der Waals surface area (Å²) in [4.78, 5) is 19.6. The first kappa shape index (κ1) is 11.9. The van der Waals surface area contributed by atoms with Crippen molar-refractivity contribution >= 4 is 22.4 Å². The molecule has 0 aromatic carbocycles. The molecule has 2 heterocycles. The third kappa shape index (κ3) is 2.22. The Bertz CT molecular complexity index is 459. The van der Waals surface area contributed by atoms with Gasteiger partial charge in [-0.05, 0) is 25.7 Å². The summed E-state index contributed by atoms with van der Waals surface area (Å²) in [5, 5.41) is 3.85. The zero-order chi connectivity index (χ0) is 12.5. The van der Waals surface area contributed by atoms with Crippen molar-refractivity contribution in [3.05, 3.63) is 10.6 Å². The number of thiazole rings is 1. The molecule has 1 amide bonds. The maximum atomic E-state index is 11.6. The minimum Gasteiger partial charge on any atom is -0.354 e. The van der Waals surface area contributed by atoms with Crippen LogP contribution >= 0.6 is 11.3 Å². The van der Waals surface area contributed by atoms with Crippen molar-refractivity contribution in [3.8, 4) is 0 Å². The molecular formula is C12H18N4OS. The molecular weight excluding hydrogens is 248 g/mol. The summed E-state index contributed by atoms with van der Waals surface area (Å²) in [7, 11) is 0. The van der Waals surface area contributed by atoms with Gasteiger partial charge in [-0.25, -0.2) is 4.98 Å². The number of nitrogens with two attached hydrogens (primary N) is 1. The highest BCUT2D eigenvalue weighted by atomic mass is 32.1. The van der Waals surface area contributed by atoms with E-state index in [4.69, 9.17) is 5.73 Å². The fraction of sp³-hybridized carbons (Fsp3) is 0.667. The van der Waals surface area contributed by atoms with Crippen LogP contribution in [0, 0.1) is 0 Å². The zero-order valence-electron chi connectivity index (χ0n) is 10.3. The lowest BCUT2D eigenvalue weighted by atomic mass is 9.99. The molecule has 6 heteroatoms. The Kier molecular flexibility index (Phi) is 3.22. The van der Waals surface area contributed by atoms with Gasteiger partial charge >= 0.3 is 0 Å². The molecule has 1 fully saturated rings. The minimum atomic E-state index is 0.0879. The van der Waals surface area contributed by atoms with E-state index in [1.807, 2.05) is 0 Å². The third-order valence-corrected chi connectivity index (χ3v) is 4.80. The van der Waals surface area contributed by atoms with Crippen LogP contribution in [0.25, 0.3) is 0 Å². The van der Waals surface area contributed by atoms with Crippen molar-refractivity contribution in [2.24, 2.45) is 5.73 Å². The molecule has 0 bridgehead atoms. The van der Waals surface area contributed by atoms with E-state index in [1.165, 1.54) is 4.88 Å². The van der Waals surface area contributed by atoms with Gasteiger partial charge in [-0.3, -0.25) is 4.79 Å². The highest BCUT2D eigenvalue weighted by Gasteiger charge is 2.25. The Labute approximate surface area is 110 Å². The van der Waals surface area contributed by atoms with Crippen LogP contribution in [0.1, 0.15) is 35.9 Å². The van der Waals surface area contributed by atoms with E-state index in [0.717, 1.165) is 49.6 Å². The molecule has 1 saturated heterocycles. The number of aryl methyl sites for hydroxylation is 1. The van der Waals surface area contributed by atoms with E-state index in [9.17, 15) is 4.79 Å². The molecule has 3 rings (SSSR count). The number of rotatable bonds is 1. The van der Waals surface area contributed by atoms with Crippen molar-refractivity contribution in [1.82, 2.24) is 10.3 Å². The predicted octanol–water partition coefficient (Wildman–Crippen LogP) is 0.805. The number of carbonyl (C=O) groups is 1. The van der Waals surface area contributed by atoms with Crippen LogP contribution in [0.2, 0.25) is 0 Å². The first-order valence-corrected chi connectivity index (χ1v) is 7.32. The van der Waals surface area contributed by atoms with E-state index >= 15 is 0 Å². The number of anilines is 1. The second-order valence-electron chi connectivity index (χ2n) is 4.93. The Morgan fingerprint density at radius 2 is 2.33 bits per heavy atom. The lowest BCUT2D eigenvalue weighted by molar-refractivity contribution is -0.119. The van der Waals surface area contributed by atoms with Crippen LogP contribution in [-0.4, -0.2) is 30.5 Å². The van der Waals surface area contributed by atoms with Crippen LogP contribution in [0.4, 0.5) is 5.13 Å². The van der Waals surface area contributed by atoms with Gasteiger partial charge in [0.25, 0.3) is 0 Å². The smallest absolute Gasteiger partial charge is 0.239 e. The first-order valence-electron chi connectivity index (χ1n) is 6.51. The molecule has 98 valence electrons. The molecule has 1 aromatic heterocycles. The molecule has 1 unspecified atom stereocenters. The summed E-state index contributed by atoms with van der Waals surface area (Å²) in [5.41, 5.74) is 7.27. The number of nitrogens with one attached hydrogen (secondary N) is 1. The lowest BCUT2D eigenvalue weighted by Gasteiger charge is -2.17. The van der Waals surface area contributed by atoms with Gasteiger partial charge in [0.15, 0.2) is 5.13 Å². The van der Waals surface area contributed by atoms with Crippen molar-refractivity contribution in [2.45, 2.75) is 31.7 Å². The zero-order valence-corrected chi connectivity index (χ0v) is 11.1. The van der Waals surface area contributed by atoms with E-state index < -0.39 is 0 Å². The highest BCUT2D eigenvalue weighted by molar-refractivity contribution is 7.15. The van der Waals surface area contributed by atoms with Crippen molar-refractivity contribution in [1.29, 1.82) is 0 Å². The van der Waals surface area contributed by atoms with Gasteiger partial charge in [-0.2, -0.15) is 0 Å². The minimum absolute atomic E-state index is 0.0879. The van der Waals surface area contributed by atoms with Crippen LogP contribution in [0.5, 0.6) is 0 Å². The van der Waals surface area contributed by atoms with Gasteiger partial charge in [0, 0.05) is 24.0 Å². The molecule has 1 atom stereocenters. The maximum absolute atomic E-state index is 11.6. The number of carbonyl (C=O) groups excluding carboxylic acids is 1. The van der Waals surface area contributed by atoms with Gasteiger partial charge in [0.1, 0.15) is 0 Å². The molecule has 1 aliphatic carbocycles. The SMILES string of the molecule is NC1CCCc2nc(N3CCCNC(=O)C3)sc21. The predicted molar refractivity (Wildman–Crippen MR) is 71.8 cm³/mol. The fourth-order valence-corrected chi connectivity index (χ4v) is 3.72. The second-order valence-corrected chi connectivity index (χ2v) is 5.94. The normalized spacial score (nSPS) is 24.4. The van der Waals surface area contributed by atoms with E-state index in [1.54, 1.807) is 11.3 Å². The Balaban J connectivity index is 1.85.